The summed E-state index contributed by atoms with van der Waals surface area (Å²) in [5.41, 5.74) is 1.82. The zero-order valence-electron chi connectivity index (χ0n) is 12.1. The van der Waals surface area contributed by atoms with Gasteiger partial charge < -0.3 is 9.47 Å². The fourth-order valence-electron chi connectivity index (χ4n) is 1.75. The standard InChI is InChI=1S/C17H15Br2NO2/c1-3-8-22-17-15(18)9-12(10-16(17)19)11-20-13-4-6-14(21-2)7-5-13/h3-7,9-11H,1,8H2,2H3. The maximum atomic E-state index is 5.59. The van der Waals surface area contributed by atoms with Gasteiger partial charge in [-0.3, -0.25) is 4.99 Å². The van der Waals surface area contributed by atoms with Gasteiger partial charge >= 0.3 is 0 Å². The first kappa shape index (κ1) is 16.8. The first-order chi connectivity index (χ1) is 10.6. The number of hydrogen-bond acceptors (Lipinski definition) is 3. The van der Waals surface area contributed by atoms with Crippen molar-refractivity contribution in [3.63, 3.8) is 0 Å². The summed E-state index contributed by atoms with van der Waals surface area (Å²) in [4.78, 5) is 4.45. The Labute approximate surface area is 146 Å². The van der Waals surface area contributed by atoms with Crippen LogP contribution in [0.5, 0.6) is 11.5 Å². The van der Waals surface area contributed by atoms with Crippen molar-refractivity contribution in [2.75, 3.05) is 13.7 Å². The van der Waals surface area contributed by atoms with E-state index < -0.39 is 0 Å². The molecule has 0 aromatic heterocycles. The van der Waals surface area contributed by atoms with Crippen LogP contribution in [0.25, 0.3) is 0 Å². The van der Waals surface area contributed by atoms with Crippen molar-refractivity contribution in [1.82, 2.24) is 0 Å². The molecular weight excluding hydrogens is 410 g/mol. The van der Waals surface area contributed by atoms with Gasteiger partial charge in [-0.25, -0.2) is 0 Å². The summed E-state index contributed by atoms with van der Waals surface area (Å²) < 4.78 is 12.4. The van der Waals surface area contributed by atoms with E-state index in [1.54, 1.807) is 19.4 Å². The molecule has 3 nitrogen and oxygen atoms in total. The van der Waals surface area contributed by atoms with Crippen molar-refractivity contribution >= 4 is 43.8 Å². The Bertz CT molecular complexity index is 659. The molecule has 0 N–H and O–H groups in total. The van der Waals surface area contributed by atoms with E-state index in [2.05, 4.69) is 43.4 Å². The molecule has 114 valence electrons. The Morgan fingerprint density at radius 3 is 2.32 bits per heavy atom. The molecule has 0 heterocycles. The van der Waals surface area contributed by atoms with Crippen LogP contribution in [0.2, 0.25) is 0 Å². The van der Waals surface area contributed by atoms with E-state index >= 15 is 0 Å². The van der Waals surface area contributed by atoms with E-state index in [-0.39, 0.29) is 0 Å². The van der Waals surface area contributed by atoms with Crippen molar-refractivity contribution in [1.29, 1.82) is 0 Å². The van der Waals surface area contributed by atoms with Crippen LogP contribution in [-0.2, 0) is 0 Å². The van der Waals surface area contributed by atoms with Gasteiger partial charge in [-0.05, 0) is 73.8 Å². The van der Waals surface area contributed by atoms with Crippen molar-refractivity contribution in [2.24, 2.45) is 4.99 Å². The Hall–Kier alpha value is -1.59. The molecule has 0 radical (unpaired) electrons. The molecule has 2 aromatic carbocycles. The molecule has 2 aromatic rings. The van der Waals surface area contributed by atoms with E-state index in [4.69, 9.17) is 9.47 Å². The molecule has 0 unspecified atom stereocenters. The first-order valence-electron chi connectivity index (χ1n) is 6.55. The topological polar surface area (TPSA) is 30.8 Å². The SMILES string of the molecule is C=CCOc1c(Br)cc(C=Nc2ccc(OC)cc2)cc1Br. The molecule has 0 amide bonds. The minimum Gasteiger partial charge on any atom is -0.497 e. The van der Waals surface area contributed by atoms with Crippen LogP contribution in [-0.4, -0.2) is 19.9 Å². The molecule has 2 rings (SSSR count). The van der Waals surface area contributed by atoms with Crippen LogP contribution >= 0.6 is 31.9 Å². The van der Waals surface area contributed by atoms with Gasteiger partial charge in [0.25, 0.3) is 0 Å². The molecule has 0 aliphatic rings. The van der Waals surface area contributed by atoms with Crippen LogP contribution in [0, 0.1) is 0 Å². The molecule has 5 heteroatoms. The summed E-state index contributed by atoms with van der Waals surface area (Å²) in [7, 11) is 1.64. The largest absolute Gasteiger partial charge is 0.497 e. The number of rotatable bonds is 6. The second-order valence-corrected chi connectivity index (χ2v) is 6.08. The molecule has 0 bridgehead atoms. The Kier molecular flexibility index (Phi) is 6.21. The molecule has 0 aliphatic carbocycles. The Morgan fingerprint density at radius 2 is 1.77 bits per heavy atom. The fraction of sp³-hybridized carbons (Fsp3) is 0.118. The summed E-state index contributed by atoms with van der Waals surface area (Å²) in [5.74, 6) is 1.56. The number of methoxy groups -OCH3 is 1. The Morgan fingerprint density at radius 1 is 1.14 bits per heavy atom. The number of aliphatic imine (C=N–C) groups is 1. The highest BCUT2D eigenvalue weighted by Crippen LogP contribution is 2.34. The van der Waals surface area contributed by atoms with Gasteiger partial charge in [-0.1, -0.05) is 12.7 Å². The number of nitrogens with zero attached hydrogens (tertiary/aromatic N) is 1. The maximum absolute atomic E-state index is 5.59. The monoisotopic (exact) mass is 423 g/mol. The molecule has 0 saturated carbocycles. The predicted octanol–water partition coefficient (Wildman–Crippen LogP) is 5.54. The van der Waals surface area contributed by atoms with Crippen molar-refractivity contribution in [2.45, 2.75) is 0 Å². The molecule has 0 saturated heterocycles. The summed E-state index contributed by atoms with van der Waals surface area (Å²) >= 11 is 7.01. The number of hydrogen-bond donors (Lipinski definition) is 0. The number of halogens is 2. The van der Waals surface area contributed by atoms with Crippen LogP contribution in [0.15, 0.2) is 63.0 Å². The predicted molar refractivity (Wildman–Crippen MR) is 97.8 cm³/mol. The smallest absolute Gasteiger partial charge is 0.148 e. The van der Waals surface area contributed by atoms with Gasteiger partial charge in [0.15, 0.2) is 0 Å². The summed E-state index contributed by atoms with van der Waals surface area (Å²) in [6, 6.07) is 11.5. The van der Waals surface area contributed by atoms with Crippen LogP contribution in [0.3, 0.4) is 0 Å². The van der Waals surface area contributed by atoms with Gasteiger partial charge in [-0.2, -0.15) is 0 Å². The van der Waals surface area contributed by atoms with Crippen LogP contribution in [0.1, 0.15) is 5.56 Å². The maximum Gasteiger partial charge on any atom is 0.148 e. The van der Waals surface area contributed by atoms with Gasteiger partial charge in [0, 0.05) is 6.21 Å². The molecule has 0 aliphatic heterocycles. The van der Waals surface area contributed by atoms with Crippen molar-refractivity contribution in [3.8, 4) is 11.5 Å². The zero-order chi connectivity index (χ0) is 15.9. The lowest BCUT2D eigenvalue weighted by molar-refractivity contribution is 0.358. The summed E-state index contributed by atoms with van der Waals surface area (Å²) in [6.45, 7) is 4.10. The van der Waals surface area contributed by atoms with E-state index in [0.29, 0.717) is 6.61 Å². The van der Waals surface area contributed by atoms with E-state index in [0.717, 1.165) is 31.7 Å². The molecule has 0 fully saturated rings. The van der Waals surface area contributed by atoms with Crippen LogP contribution in [0.4, 0.5) is 5.69 Å². The highest BCUT2D eigenvalue weighted by molar-refractivity contribution is 9.11. The number of ether oxygens (including phenoxy) is 2. The fourth-order valence-corrected chi connectivity index (χ4v) is 3.20. The lowest BCUT2D eigenvalue weighted by atomic mass is 10.2. The summed E-state index contributed by atoms with van der Waals surface area (Å²) in [5, 5.41) is 0. The highest BCUT2D eigenvalue weighted by atomic mass is 79.9. The van der Waals surface area contributed by atoms with E-state index in [1.165, 1.54) is 0 Å². The van der Waals surface area contributed by atoms with Gasteiger partial charge in [0.1, 0.15) is 18.1 Å². The zero-order valence-corrected chi connectivity index (χ0v) is 15.2. The second-order valence-electron chi connectivity index (χ2n) is 4.37. The molecule has 0 spiro atoms. The first-order valence-corrected chi connectivity index (χ1v) is 8.13. The third kappa shape index (κ3) is 4.45. The average molecular weight is 425 g/mol. The third-order valence-corrected chi connectivity index (χ3v) is 3.98. The van der Waals surface area contributed by atoms with Crippen molar-refractivity contribution in [3.05, 3.63) is 63.6 Å². The quantitative estimate of drug-likeness (QED) is 0.450. The normalized spacial score (nSPS) is 10.7. The van der Waals surface area contributed by atoms with E-state index in [1.807, 2.05) is 36.4 Å². The van der Waals surface area contributed by atoms with Gasteiger partial charge in [0.05, 0.1) is 21.7 Å². The summed E-state index contributed by atoms with van der Waals surface area (Å²) in [6.07, 6.45) is 3.51. The van der Waals surface area contributed by atoms with Gasteiger partial charge in [0.2, 0.25) is 0 Å². The molecule has 22 heavy (non-hydrogen) atoms. The molecule has 0 atom stereocenters. The Balaban J connectivity index is 2.18. The van der Waals surface area contributed by atoms with Crippen molar-refractivity contribution < 1.29 is 9.47 Å². The minimum absolute atomic E-state index is 0.455. The highest BCUT2D eigenvalue weighted by Gasteiger charge is 2.07. The minimum atomic E-state index is 0.455. The van der Waals surface area contributed by atoms with Crippen LogP contribution < -0.4 is 9.47 Å². The average Bonchev–Trinajstić information content (AvgIpc) is 2.52. The van der Waals surface area contributed by atoms with E-state index in [9.17, 15) is 0 Å². The van der Waals surface area contributed by atoms with Gasteiger partial charge in [-0.15, -0.1) is 0 Å². The lowest BCUT2D eigenvalue weighted by Gasteiger charge is -2.09. The lowest BCUT2D eigenvalue weighted by Crippen LogP contribution is -1.96. The number of benzene rings is 2. The third-order valence-electron chi connectivity index (χ3n) is 2.80. The second kappa shape index (κ2) is 8.15. The molecular formula is C17H15Br2NO2.